The molecule has 0 aromatic heterocycles. The van der Waals surface area contributed by atoms with E-state index in [-0.39, 0.29) is 0 Å². The maximum Gasteiger partial charge on any atom is 0.293 e. The van der Waals surface area contributed by atoms with Crippen LogP contribution in [0.1, 0.15) is 65.2 Å². The van der Waals surface area contributed by atoms with Crippen molar-refractivity contribution in [2.45, 2.75) is 65.2 Å². The third-order valence-electron chi connectivity index (χ3n) is 2.94. The lowest BCUT2D eigenvalue weighted by Gasteiger charge is -2.12. The van der Waals surface area contributed by atoms with Gasteiger partial charge in [0.2, 0.25) is 0 Å². The summed E-state index contributed by atoms with van der Waals surface area (Å²) < 4.78 is 4.80. The van der Waals surface area contributed by atoms with Crippen LogP contribution < -0.4 is 0 Å². The van der Waals surface area contributed by atoms with Gasteiger partial charge in [0, 0.05) is 0 Å². The standard InChI is InChI=1S/C13H26O2/c1-3-5-6-7-8-9-10-13(4-2)11-15-12-14/h12-13H,3-11H2,1-2H3. The van der Waals surface area contributed by atoms with Crippen molar-refractivity contribution < 1.29 is 9.53 Å². The van der Waals surface area contributed by atoms with Gasteiger partial charge in [0.1, 0.15) is 0 Å². The molecule has 0 amide bonds. The highest BCUT2D eigenvalue weighted by atomic mass is 16.5. The molecule has 0 spiro atoms. The van der Waals surface area contributed by atoms with Crippen molar-refractivity contribution in [3.8, 4) is 0 Å². The Hall–Kier alpha value is -0.530. The Labute approximate surface area is 94.4 Å². The van der Waals surface area contributed by atoms with Gasteiger partial charge < -0.3 is 4.74 Å². The first-order valence-electron chi connectivity index (χ1n) is 6.40. The number of unbranched alkanes of at least 4 members (excludes halogenated alkanes) is 5. The molecular formula is C13H26O2. The van der Waals surface area contributed by atoms with E-state index < -0.39 is 0 Å². The van der Waals surface area contributed by atoms with Gasteiger partial charge in [0.25, 0.3) is 6.47 Å². The van der Waals surface area contributed by atoms with Gasteiger partial charge in [0.15, 0.2) is 0 Å². The van der Waals surface area contributed by atoms with Gasteiger partial charge >= 0.3 is 0 Å². The summed E-state index contributed by atoms with van der Waals surface area (Å²) in [4.78, 5) is 10.1. The van der Waals surface area contributed by atoms with Crippen LogP contribution in [-0.2, 0) is 9.53 Å². The average molecular weight is 214 g/mol. The first-order chi connectivity index (χ1) is 7.35. The number of rotatable bonds is 11. The summed E-state index contributed by atoms with van der Waals surface area (Å²) in [5.41, 5.74) is 0. The predicted molar refractivity (Wildman–Crippen MR) is 63.8 cm³/mol. The molecule has 2 nitrogen and oxygen atoms in total. The van der Waals surface area contributed by atoms with E-state index in [0.29, 0.717) is 19.0 Å². The van der Waals surface area contributed by atoms with Crippen molar-refractivity contribution in [1.29, 1.82) is 0 Å². The van der Waals surface area contributed by atoms with Crippen molar-refractivity contribution in [3.63, 3.8) is 0 Å². The quantitative estimate of drug-likeness (QED) is 0.385. The molecule has 1 atom stereocenters. The molecule has 0 N–H and O–H groups in total. The third kappa shape index (κ3) is 9.77. The van der Waals surface area contributed by atoms with Crippen molar-refractivity contribution >= 4 is 6.47 Å². The Morgan fingerprint density at radius 1 is 1.07 bits per heavy atom. The summed E-state index contributed by atoms with van der Waals surface area (Å²) in [5, 5.41) is 0. The van der Waals surface area contributed by atoms with E-state index in [9.17, 15) is 4.79 Å². The van der Waals surface area contributed by atoms with Crippen LogP contribution in [0.4, 0.5) is 0 Å². The SMILES string of the molecule is CCCCCCCCC(CC)COC=O. The molecule has 2 heteroatoms. The summed E-state index contributed by atoms with van der Waals surface area (Å²) in [6, 6.07) is 0. The molecule has 15 heavy (non-hydrogen) atoms. The lowest BCUT2D eigenvalue weighted by molar-refractivity contribution is -0.130. The summed E-state index contributed by atoms with van der Waals surface area (Å²) >= 11 is 0. The normalized spacial score (nSPS) is 12.4. The second-order valence-electron chi connectivity index (χ2n) is 4.26. The number of carbonyl (C=O) groups is 1. The van der Waals surface area contributed by atoms with Gasteiger partial charge in [0.05, 0.1) is 6.61 Å². The molecule has 0 radical (unpaired) electrons. The fraction of sp³-hybridized carbons (Fsp3) is 0.923. The zero-order valence-corrected chi connectivity index (χ0v) is 10.3. The van der Waals surface area contributed by atoms with E-state index in [1.165, 1.54) is 44.9 Å². The van der Waals surface area contributed by atoms with Gasteiger partial charge in [-0.05, 0) is 12.3 Å². The van der Waals surface area contributed by atoms with Crippen LogP contribution in [0, 0.1) is 5.92 Å². The van der Waals surface area contributed by atoms with E-state index in [2.05, 4.69) is 13.8 Å². The lowest BCUT2D eigenvalue weighted by atomic mass is 9.99. The van der Waals surface area contributed by atoms with Crippen LogP contribution in [0.5, 0.6) is 0 Å². The van der Waals surface area contributed by atoms with Crippen LogP contribution in [0.25, 0.3) is 0 Å². The topological polar surface area (TPSA) is 26.3 Å². The van der Waals surface area contributed by atoms with Gasteiger partial charge in [-0.1, -0.05) is 58.8 Å². The minimum atomic E-state index is 0.559. The fourth-order valence-electron chi connectivity index (χ4n) is 1.79. The number of ether oxygens (including phenoxy) is 1. The van der Waals surface area contributed by atoms with Crippen molar-refractivity contribution in [2.75, 3.05) is 6.61 Å². The maximum atomic E-state index is 10.1. The Morgan fingerprint density at radius 2 is 1.73 bits per heavy atom. The molecule has 0 aliphatic heterocycles. The van der Waals surface area contributed by atoms with Gasteiger partial charge in [-0.2, -0.15) is 0 Å². The molecule has 0 aliphatic carbocycles. The van der Waals surface area contributed by atoms with Crippen LogP contribution in [0.15, 0.2) is 0 Å². The maximum absolute atomic E-state index is 10.1. The van der Waals surface area contributed by atoms with Crippen LogP contribution >= 0.6 is 0 Å². The largest absolute Gasteiger partial charge is 0.468 e. The van der Waals surface area contributed by atoms with E-state index in [0.717, 1.165) is 6.42 Å². The Morgan fingerprint density at radius 3 is 2.33 bits per heavy atom. The highest BCUT2D eigenvalue weighted by Crippen LogP contribution is 2.15. The van der Waals surface area contributed by atoms with Crippen molar-refractivity contribution in [2.24, 2.45) is 5.92 Å². The minimum absolute atomic E-state index is 0.559. The molecule has 90 valence electrons. The first kappa shape index (κ1) is 14.5. The van der Waals surface area contributed by atoms with Crippen molar-refractivity contribution in [1.82, 2.24) is 0 Å². The summed E-state index contributed by atoms with van der Waals surface area (Å²) in [6.45, 7) is 5.57. The molecule has 0 fully saturated rings. The lowest BCUT2D eigenvalue weighted by Crippen LogP contribution is -2.07. The minimum Gasteiger partial charge on any atom is -0.468 e. The zero-order chi connectivity index (χ0) is 11.4. The van der Waals surface area contributed by atoms with Gasteiger partial charge in [-0.15, -0.1) is 0 Å². The average Bonchev–Trinajstić information content (AvgIpc) is 2.27. The molecule has 0 aromatic carbocycles. The second kappa shape index (κ2) is 11.5. The molecular weight excluding hydrogens is 188 g/mol. The highest BCUT2D eigenvalue weighted by molar-refractivity contribution is 5.36. The molecule has 0 rings (SSSR count). The van der Waals surface area contributed by atoms with Gasteiger partial charge in [-0.3, -0.25) is 4.79 Å². The molecule has 0 aliphatic rings. The monoisotopic (exact) mass is 214 g/mol. The number of carbonyl (C=O) groups excluding carboxylic acids is 1. The molecule has 0 aromatic rings. The highest BCUT2D eigenvalue weighted by Gasteiger charge is 2.05. The van der Waals surface area contributed by atoms with E-state index >= 15 is 0 Å². The first-order valence-corrected chi connectivity index (χ1v) is 6.40. The number of hydrogen-bond donors (Lipinski definition) is 0. The Balaban J connectivity index is 3.26. The summed E-state index contributed by atoms with van der Waals surface area (Å²) in [5.74, 6) is 0.571. The van der Waals surface area contributed by atoms with E-state index in [1.807, 2.05) is 0 Å². The Kier molecular flexibility index (Phi) is 11.1. The molecule has 1 unspecified atom stereocenters. The smallest absolute Gasteiger partial charge is 0.293 e. The van der Waals surface area contributed by atoms with E-state index in [1.54, 1.807) is 0 Å². The van der Waals surface area contributed by atoms with E-state index in [4.69, 9.17) is 4.74 Å². The van der Waals surface area contributed by atoms with Crippen LogP contribution in [0.2, 0.25) is 0 Å². The molecule has 0 saturated carbocycles. The molecule has 0 heterocycles. The predicted octanol–water partition coefficient (Wildman–Crippen LogP) is 3.94. The second-order valence-corrected chi connectivity index (χ2v) is 4.26. The Bertz CT molecular complexity index is 134. The fourth-order valence-corrected chi connectivity index (χ4v) is 1.79. The summed E-state index contributed by atoms with van der Waals surface area (Å²) in [7, 11) is 0. The molecule has 0 bridgehead atoms. The van der Waals surface area contributed by atoms with Crippen molar-refractivity contribution in [3.05, 3.63) is 0 Å². The van der Waals surface area contributed by atoms with Gasteiger partial charge in [-0.25, -0.2) is 0 Å². The zero-order valence-electron chi connectivity index (χ0n) is 10.3. The molecule has 0 saturated heterocycles. The van der Waals surface area contributed by atoms with Crippen LogP contribution in [0.3, 0.4) is 0 Å². The third-order valence-corrected chi connectivity index (χ3v) is 2.94. The van der Waals surface area contributed by atoms with Crippen LogP contribution in [-0.4, -0.2) is 13.1 Å². The number of hydrogen-bond acceptors (Lipinski definition) is 2. The summed E-state index contributed by atoms with van der Waals surface area (Å²) in [6.07, 6.45) is 10.3.